The lowest BCUT2D eigenvalue weighted by atomic mass is 10.0. The minimum absolute atomic E-state index is 0.00226. The third kappa shape index (κ3) is 5.69. The molecule has 0 fully saturated rings. The number of rotatable bonds is 7. The molecule has 110 valence electrons. The topological polar surface area (TPSA) is 66.4 Å². The fourth-order valence-corrected chi connectivity index (χ4v) is 2.07. The molecule has 0 heterocycles. The second-order valence-electron chi connectivity index (χ2n) is 4.71. The van der Waals surface area contributed by atoms with Crippen molar-refractivity contribution in [3.8, 4) is 0 Å². The highest BCUT2D eigenvalue weighted by Crippen LogP contribution is 2.15. The lowest BCUT2D eigenvalue weighted by Crippen LogP contribution is -2.26. The number of halogens is 2. The van der Waals surface area contributed by atoms with Gasteiger partial charge in [0.15, 0.2) is 0 Å². The Labute approximate surface area is 125 Å². The van der Waals surface area contributed by atoms with Gasteiger partial charge in [0.1, 0.15) is 5.82 Å². The maximum absolute atomic E-state index is 13.5. The minimum atomic E-state index is -0.822. The second-order valence-corrected chi connectivity index (χ2v) is 5.62. The van der Waals surface area contributed by atoms with E-state index >= 15 is 0 Å². The van der Waals surface area contributed by atoms with Gasteiger partial charge in [0.05, 0.1) is 5.56 Å². The van der Waals surface area contributed by atoms with E-state index in [1.54, 1.807) is 0 Å². The molecule has 1 unspecified atom stereocenters. The van der Waals surface area contributed by atoms with E-state index in [2.05, 4.69) is 21.2 Å². The lowest BCUT2D eigenvalue weighted by Gasteiger charge is -2.11. The number of aliphatic carboxylic acids is 1. The molecular formula is C14H17BrFNO3. The van der Waals surface area contributed by atoms with Crippen LogP contribution in [-0.4, -0.2) is 23.5 Å². The first kappa shape index (κ1) is 16.6. The van der Waals surface area contributed by atoms with E-state index < -0.39 is 17.7 Å². The molecule has 1 aromatic carbocycles. The van der Waals surface area contributed by atoms with E-state index in [0.29, 0.717) is 23.9 Å². The van der Waals surface area contributed by atoms with Gasteiger partial charge in [-0.05, 0) is 37.0 Å². The summed E-state index contributed by atoms with van der Waals surface area (Å²) in [5.74, 6) is -1.66. The third-order valence-corrected chi connectivity index (χ3v) is 3.44. The largest absolute Gasteiger partial charge is 0.481 e. The molecule has 0 aromatic heterocycles. The van der Waals surface area contributed by atoms with Crippen molar-refractivity contribution in [3.05, 3.63) is 34.1 Å². The van der Waals surface area contributed by atoms with Crippen molar-refractivity contribution >= 4 is 27.8 Å². The van der Waals surface area contributed by atoms with Gasteiger partial charge < -0.3 is 10.4 Å². The summed E-state index contributed by atoms with van der Waals surface area (Å²) in [5.41, 5.74) is -0.00226. The number of hydrogen-bond donors (Lipinski definition) is 2. The molecule has 1 rings (SSSR count). The summed E-state index contributed by atoms with van der Waals surface area (Å²) in [6.45, 7) is 2.32. The van der Waals surface area contributed by atoms with E-state index in [9.17, 15) is 14.0 Å². The fourth-order valence-electron chi connectivity index (χ4n) is 1.71. The normalized spacial score (nSPS) is 11.9. The Bertz CT molecular complexity index is 493. The highest BCUT2D eigenvalue weighted by Gasteiger charge is 2.12. The summed E-state index contributed by atoms with van der Waals surface area (Å²) in [4.78, 5) is 22.2. The van der Waals surface area contributed by atoms with Crippen LogP contribution in [0.2, 0.25) is 0 Å². The number of carbonyl (C=O) groups is 2. The van der Waals surface area contributed by atoms with Crippen molar-refractivity contribution in [3.63, 3.8) is 0 Å². The molecule has 0 bridgehead atoms. The molecule has 0 radical (unpaired) electrons. The number of carboxylic acids is 1. The molecule has 1 aromatic rings. The van der Waals surface area contributed by atoms with E-state index in [1.807, 2.05) is 6.92 Å². The first-order chi connectivity index (χ1) is 9.40. The zero-order valence-electron chi connectivity index (χ0n) is 11.2. The average Bonchev–Trinajstić information content (AvgIpc) is 2.39. The first-order valence-electron chi connectivity index (χ1n) is 6.35. The Morgan fingerprint density at radius 1 is 1.40 bits per heavy atom. The van der Waals surface area contributed by atoms with Gasteiger partial charge in [0.25, 0.3) is 5.91 Å². The minimum Gasteiger partial charge on any atom is -0.481 e. The van der Waals surface area contributed by atoms with Crippen LogP contribution in [0.25, 0.3) is 0 Å². The number of benzene rings is 1. The molecule has 2 N–H and O–H groups in total. The Morgan fingerprint density at radius 3 is 2.75 bits per heavy atom. The van der Waals surface area contributed by atoms with Crippen molar-refractivity contribution in [1.29, 1.82) is 0 Å². The van der Waals surface area contributed by atoms with Crippen LogP contribution in [0.4, 0.5) is 4.39 Å². The van der Waals surface area contributed by atoms with Gasteiger partial charge in [-0.15, -0.1) is 0 Å². The van der Waals surface area contributed by atoms with Gasteiger partial charge in [0, 0.05) is 17.4 Å². The molecule has 6 heteroatoms. The van der Waals surface area contributed by atoms with Crippen molar-refractivity contribution in [2.24, 2.45) is 5.92 Å². The predicted molar refractivity (Wildman–Crippen MR) is 77.1 cm³/mol. The molecule has 0 aliphatic heterocycles. The highest BCUT2D eigenvalue weighted by molar-refractivity contribution is 9.10. The van der Waals surface area contributed by atoms with Crippen molar-refractivity contribution in [2.75, 3.05) is 6.54 Å². The smallest absolute Gasteiger partial charge is 0.303 e. The Balaban J connectivity index is 2.40. The van der Waals surface area contributed by atoms with E-state index in [0.717, 1.165) is 0 Å². The number of hydrogen-bond acceptors (Lipinski definition) is 2. The molecular weight excluding hydrogens is 329 g/mol. The highest BCUT2D eigenvalue weighted by atomic mass is 79.9. The van der Waals surface area contributed by atoms with Crippen molar-refractivity contribution < 1.29 is 19.1 Å². The van der Waals surface area contributed by atoms with Crippen LogP contribution in [0, 0.1) is 11.7 Å². The van der Waals surface area contributed by atoms with E-state index in [1.165, 1.54) is 18.2 Å². The van der Waals surface area contributed by atoms with Crippen molar-refractivity contribution in [1.82, 2.24) is 5.32 Å². The Morgan fingerprint density at radius 2 is 2.10 bits per heavy atom. The summed E-state index contributed by atoms with van der Waals surface area (Å²) in [6, 6.07) is 4.19. The Kier molecular flexibility index (Phi) is 6.64. The summed E-state index contributed by atoms with van der Waals surface area (Å²) in [5, 5.41) is 11.2. The van der Waals surface area contributed by atoms with E-state index in [-0.39, 0.29) is 17.9 Å². The Hall–Kier alpha value is -1.43. The molecule has 0 aliphatic rings. The SMILES string of the molecule is CC(CCNC(=O)c1cc(Br)ccc1F)CCC(=O)O. The van der Waals surface area contributed by atoms with Gasteiger partial charge in [-0.3, -0.25) is 9.59 Å². The number of carboxylic acid groups (broad SMARTS) is 1. The first-order valence-corrected chi connectivity index (χ1v) is 7.14. The van der Waals surface area contributed by atoms with Crippen LogP contribution in [0.15, 0.2) is 22.7 Å². The number of carbonyl (C=O) groups excluding carboxylic acids is 1. The third-order valence-electron chi connectivity index (χ3n) is 2.95. The molecule has 1 amide bonds. The van der Waals surface area contributed by atoms with Crippen LogP contribution >= 0.6 is 15.9 Å². The second kappa shape index (κ2) is 7.99. The summed E-state index contributed by atoms with van der Waals surface area (Å²) in [6.07, 6.45) is 1.35. The number of amides is 1. The molecule has 1 atom stereocenters. The van der Waals surface area contributed by atoms with Crippen LogP contribution in [0.5, 0.6) is 0 Å². The maximum Gasteiger partial charge on any atom is 0.303 e. The summed E-state index contributed by atoms with van der Waals surface area (Å²) in [7, 11) is 0. The maximum atomic E-state index is 13.5. The van der Waals surface area contributed by atoms with Crippen LogP contribution in [-0.2, 0) is 4.79 Å². The van der Waals surface area contributed by atoms with Gasteiger partial charge in [-0.25, -0.2) is 4.39 Å². The van der Waals surface area contributed by atoms with Gasteiger partial charge in [0.2, 0.25) is 0 Å². The van der Waals surface area contributed by atoms with Crippen LogP contribution in [0.3, 0.4) is 0 Å². The summed E-state index contributed by atoms with van der Waals surface area (Å²) >= 11 is 3.19. The van der Waals surface area contributed by atoms with Gasteiger partial charge >= 0.3 is 5.97 Å². The molecule has 0 saturated carbocycles. The average molecular weight is 346 g/mol. The zero-order valence-corrected chi connectivity index (χ0v) is 12.7. The van der Waals surface area contributed by atoms with Crippen molar-refractivity contribution in [2.45, 2.75) is 26.2 Å². The number of nitrogens with one attached hydrogen (secondary N) is 1. The van der Waals surface area contributed by atoms with Crippen LogP contribution in [0.1, 0.15) is 36.5 Å². The van der Waals surface area contributed by atoms with E-state index in [4.69, 9.17) is 5.11 Å². The summed E-state index contributed by atoms with van der Waals surface area (Å²) < 4.78 is 14.1. The standard InChI is InChI=1S/C14H17BrFNO3/c1-9(2-5-13(18)19)6-7-17-14(20)11-8-10(15)3-4-12(11)16/h3-4,8-9H,2,5-7H2,1H3,(H,17,20)(H,18,19). The zero-order chi connectivity index (χ0) is 15.1. The van der Waals surface area contributed by atoms with Crippen LogP contribution < -0.4 is 5.32 Å². The molecule has 0 spiro atoms. The fraction of sp³-hybridized carbons (Fsp3) is 0.429. The lowest BCUT2D eigenvalue weighted by molar-refractivity contribution is -0.137. The quantitative estimate of drug-likeness (QED) is 0.797. The molecule has 0 saturated heterocycles. The predicted octanol–water partition coefficient (Wildman–Crippen LogP) is 3.21. The van der Waals surface area contributed by atoms with Gasteiger partial charge in [-0.1, -0.05) is 22.9 Å². The molecule has 20 heavy (non-hydrogen) atoms. The monoisotopic (exact) mass is 345 g/mol. The molecule has 4 nitrogen and oxygen atoms in total. The van der Waals surface area contributed by atoms with Gasteiger partial charge in [-0.2, -0.15) is 0 Å². The molecule has 0 aliphatic carbocycles.